The summed E-state index contributed by atoms with van der Waals surface area (Å²) in [4.78, 5) is 25.7. The third-order valence-electron chi connectivity index (χ3n) is 6.00. The summed E-state index contributed by atoms with van der Waals surface area (Å²) in [5, 5.41) is 0. The predicted octanol–water partition coefficient (Wildman–Crippen LogP) is 3.02. The van der Waals surface area contributed by atoms with E-state index in [1.54, 1.807) is 31.2 Å². The van der Waals surface area contributed by atoms with Crippen molar-refractivity contribution < 1.29 is 22.7 Å². The van der Waals surface area contributed by atoms with E-state index in [-0.39, 0.29) is 17.9 Å². The van der Waals surface area contributed by atoms with Crippen LogP contribution in [0.15, 0.2) is 71.6 Å². The average molecular weight is 426 g/mol. The number of fused-ring (bicyclic) bond motifs is 2. The van der Waals surface area contributed by atoms with Crippen molar-refractivity contribution in [1.29, 1.82) is 0 Å². The zero-order chi connectivity index (χ0) is 21.6. The molecule has 2 aromatic rings. The predicted molar refractivity (Wildman–Crippen MR) is 111 cm³/mol. The molecule has 0 spiro atoms. The summed E-state index contributed by atoms with van der Waals surface area (Å²) in [5.41, 5.74) is -1.12. The van der Waals surface area contributed by atoms with E-state index in [2.05, 4.69) is 0 Å². The Labute approximate surface area is 176 Å². The summed E-state index contributed by atoms with van der Waals surface area (Å²) in [6.45, 7) is 3.58. The van der Waals surface area contributed by atoms with Crippen LogP contribution in [0.1, 0.15) is 24.5 Å². The number of nitrogens with zero attached hydrogens (tertiary/aromatic N) is 1. The van der Waals surface area contributed by atoms with Crippen molar-refractivity contribution in [2.75, 3.05) is 0 Å². The molecular weight excluding hydrogens is 402 g/mol. The molecule has 5 rings (SSSR count). The van der Waals surface area contributed by atoms with Gasteiger partial charge in [0.25, 0.3) is 15.9 Å². The summed E-state index contributed by atoms with van der Waals surface area (Å²) in [7, 11) is -4.10. The number of rotatable bonds is 6. The van der Waals surface area contributed by atoms with Crippen LogP contribution in [0, 0.1) is 12.3 Å². The van der Waals surface area contributed by atoms with Gasteiger partial charge in [0.1, 0.15) is 6.29 Å². The number of sulfonamides is 1. The fourth-order valence-electron chi connectivity index (χ4n) is 4.18. The van der Waals surface area contributed by atoms with Crippen molar-refractivity contribution in [1.82, 2.24) is 4.31 Å². The lowest BCUT2D eigenvalue weighted by molar-refractivity contribution is -0.182. The Morgan fingerprint density at radius 1 is 1.13 bits per heavy atom. The third kappa shape index (κ3) is 3.00. The maximum atomic E-state index is 13.6. The number of hydrogen-bond donors (Lipinski definition) is 0. The van der Waals surface area contributed by atoms with Gasteiger partial charge in [-0.1, -0.05) is 54.1 Å². The van der Waals surface area contributed by atoms with Gasteiger partial charge in [-0.2, -0.15) is 0 Å². The van der Waals surface area contributed by atoms with Crippen molar-refractivity contribution in [3.63, 3.8) is 0 Å². The van der Waals surface area contributed by atoms with Crippen LogP contribution in [-0.2, 0) is 31.0 Å². The van der Waals surface area contributed by atoms with E-state index in [4.69, 9.17) is 4.74 Å². The van der Waals surface area contributed by atoms with Gasteiger partial charge in [-0.15, -0.1) is 0 Å². The zero-order valence-electron chi connectivity index (χ0n) is 16.8. The van der Waals surface area contributed by atoms with E-state index in [9.17, 15) is 18.0 Å². The Morgan fingerprint density at radius 3 is 2.43 bits per heavy atom. The number of aldehydes is 1. The summed E-state index contributed by atoms with van der Waals surface area (Å²) in [6.07, 6.45) is 4.09. The molecule has 2 aromatic carbocycles. The highest BCUT2D eigenvalue weighted by Crippen LogP contribution is 2.50. The van der Waals surface area contributed by atoms with Crippen molar-refractivity contribution in [3.05, 3.63) is 77.9 Å². The van der Waals surface area contributed by atoms with Crippen LogP contribution in [0.2, 0.25) is 0 Å². The molecule has 1 saturated heterocycles. The maximum Gasteiger partial charge on any atom is 0.274 e. The van der Waals surface area contributed by atoms with Crippen molar-refractivity contribution in [2.45, 2.75) is 43.4 Å². The minimum Gasteiger partial charge on any atom is -0.355 e. The van der Waals surface area contributed by atoms with Gasteiger partial charge in [0.15, 0.2) is 5.60 Å². The molecule has 2 heterocycles. The molecule has 1 amide bonds. The molecular formula is C23H23NO5S. The molecule has 7 heteroatoms. The first kappa shape index (κ1) is 20.5. The molecule has 1 fully saturated rings. The molecule has 0 saturated carbocycles. The highest BCUT2D eigenvalue weighted by atomic mass is 32.2. The van der Waals surface area contributed by atoms with Crippen molar-refractivity contribution >= 4 is 22.2 Å². The highest BCUT2D eigenvalue weighted by molar-refractivity contribution is 7.89. The first-order valence-corrected chi connectivity index (χ1v) is 11.2. The van der Waals surface area contributed by atoms with Crippen LogP contribution in [-0.4, -0.2) is 36.6 Å². The monoisotopic (exact) mass is 425 g/mol. The SMILES string of the molecule is Cc1ccc(S(=O)(=O)N2C(=O)[C@@]3(OCc4ccccc4)C=C[C@@H]2C[C@]3(C)C=O)cc1. The first-order valence-electron chi connectivity index (χ1n) is 9.73. The minimum atomic E-state index is -4.10. The molecule has 0 aromatic heterocycles. The van der Waals surface area contributed by atoms with Gasteiger partial charge in [0.05, 0.1) is 23.0 Å². The van der Waals surface area contributed by atoms with Gasteiger partial charge in [0, 0.05) is 0 Å². The number of ether oxygens (including phenoxy) is 1. The highest BCUT2D eigenvalue weighted by Gasteiger charge is 2.65. The normalized spacial score (nSPS) is 28.0. The van der Waals surface area contributed by atoms with E-state index in [1.807, 2.05) is 37.3 Å². The summed E-state index contributed by atoms with van der Waals surface area (Å²) < 4.78 is 33.6. The Kier molecular flexibility index (Phi) is 4.91. The van der Waals surface area contributed by atoms with Gasteiger partial charge in [0.2, 0.25) is 0 Å². The van der Waals surface area contributed by atoms with Crippen LogP contribution >= 0.6 is 0 Å². The van der Waals surface area contributed by atoms with E-state index < -0.39 is 33.0 Å². The minimum absolute atomic E-state index is 0.0356. The zero-order valence-corrected chi connectivity index (χ0v) is 17.6. The molecule has 156 valence electrons. The molecule has 30 heavy (non-hydrogen) atoms. The number of piperidine rings is 1. The number of benzene rings is 2. The molecule has 3 aliphatic rings. The van der Waals surface area contributed by atoms with Crippen LogP contribution in [0.5, 0.6) is 0 Å². The van der Waals surface area contributed by atoms with E-state index in [0.717, 1.165) is 15.4 Å². The van der Waals surface area contributed by atoms with E-state index in [1.165, 1.54) is 12.1 Å². The maximum absolute atomic E-state index is 13.6. The molecule has 2 bridgehead atoms. The number of hydrogen-bond acceptors (Lipinski definition) is 5. The topological polar surface area (TPSA) is 80.8 Å². The number of aryl methyl sites for hydroxylation is 1. The number of carbonyl (C=O) groups is 2. The van der Waals surface area contributed by atoms with Gasteiger partial charge in [-0.3, -0.25) is 4.79 Å². The first-order chi connectivity index (χ1) is 14.2. The number of carbonyl (C=O) groups excluding carboxylic acids is 2. The van der Waals surface area contributed by atoms with Crippen LogP contribution in [0.25, 0.3) is 0 Å². The molecule has 3 atom stereocenters. The van der Waals surface area contributed by atoms with E-state index >= 15 is 0 Å². The van der Waals surface area contributed by atoms with Crippen LogP contribution in [0.3, 0.4) is 0 Å². The van der Waals surface area contributed by atoms with Gasteiger partial charge in [-0.25, -0.2) is 12.7 Å². The smallest absolute Gasteiger partial charge is 0.274 e. The summed E-state index contributed by atoms with van der Waals surface area (Å²) in [5.74, 6) is -0.729. The molecule has 6 nitrogen and oxygen atoms in total. The summed E-state index contributed by atoms with van der Waals surface area (Å²) >= 11 is 0. The standard InChI is InChI=1S/C23H23NO5S/c1-17-8-10-20(11-9-17)30(27,28)24-19-12-13-23(21(24)26,22(2,14-19)16-25)29-15-18-6-4-3-5-7-18/h3-13,16,19H,14-15H2,1-2H3/t19-,22-,23+/m1/s1. The average Bonchev–Trinajstić information content (AvgIpc) is 2.74. The molecule has 0 radical (unpaired) electrons. The van der Waals surface area contributed by atoms with Gasteiger partial charge in [-0.05, 0) is 44.0 Å². The fraction of sp³-hybridized carbons (Fsp3) is 0.304. The lowest BCUT2D eigenvalue weighted by Crippen LogP contribution is -2.70. The molecule has 0 N–H and O–H groups in total. The van der Waals surface area contributed by atoms with Crippen molar-refractivity contribution in [2.24, 2.45) is 5.41 Å². The molecule has 2 aliphatic heterocycles. The second kappa shape index (κ2) is 7.18. The second-order valence-electron chi connectivity index (χ2n) is 8.09. The third-order valence-corrected chi connectivity index (χ3v) is 7.82. The Hall–Kier alpha value is -2.77. The lowest BCUT2D eigenvalue weighted by atomic mass is 9.63. The van der Waals surface area contributed by atoms with Crippen molar-refractivity contribution in [3.8, 4) is 0 Å². The van der Waals surface area contributed by atoms with Gasteiger partial charge < -0.3 is 9.53 Å². The fourth-order valence-corrected chi connectivity index (χ4v) is 5.74. The quantitative estimate of drug-likeness (QED) is 0.525. The Bertz CT molecular complexity index is 1110. The largest absolute Gasteiger partial charge is 0.355 e. The van der Waals surface area contributed by atoms with E-state index in [0.29, 0.717) is 6.29 Å². The lowest BCUT2D eigenvalue weighted by Gasteiger charge is -2.54. The summed E-state index contributed by atoms with van der Waals surface area (Å²) in [6, 6.07) is 14.9. The Balaban J connectivity index is 1.75. The second-order valence-corrected chi connectivity index (χ2v) is 9.91. The van der Waals surface area contributed by atoms with Gasteiger partial charge >= 0.3 is 0 Å². The van der Waals surface area contributed by atoms with Crippen LogP contribution in [0.4, 0.5) is 0 Å². The molecule has 1 aliphatic carbocycles. The number of amides is 1. The van der Waals surface area contributed by atoms with Crippen LogP contribution < -0.4 is 0 Å². The molecule has 0 unspecified atom stereocenters. The Morgan fingerprint density at radius 2 is 1.80 bits per heavy atom.